The van der Waals surface area contributed by atoms with E-state index >= 15 is 0 Å². The monoisotopic (exact) mass is 323 g/mol. The van der Waals surface area contributed by atoms with E-state index in [1.165, 1.54) is 12.1 Å². The molecular weight excluding hydrogens is 309 g/mol. The van der Waals surface area contributed by atoms with Crippen LogP contribution in [0, 0.1) is 5.82 Å². The molecule has 2 rings (SSSR count). The average molecular weight is 324 g/mol. The number of halogens is 2. The summed E-state index contributed by atoms with van der Waals surface area (Å²) in [6.07, 6.45) is 0.632. The highest BCUT2D eigenvalue weighted by atomic mass is 79.9. The van der Waals surface area contributed by atoms with Gasteiger partial charge in [0.2, 0.25) is 0 Å². The number of ether oxygens (including phenoxy) is 1. The van der Waals surface area contributed by atoms with Crippen molar-refractivity contribution in [2.24, 2.45) is 5.73 Å². The van der Waals surface area contributed by atoms with Gasteiger partial charge in [-0.2, -0.15) is 0 Å². The first-order valence-electron chi connectivity index (χ1n) is 5.93. The first kappa shape index (κ1) is 14.0. The molecule has 4 heteroatoms. The Morgan fingerprint density at radius 3 is 2.74 bits per heavy atom. The molecule has 0 radical (unpaired) electrons. The van der Waals surface area contributed by atoms with Crippen LogP contribution in [0.5, 0.6) is 5.75 Å². The molecule has 1 unspecified atom stereocenters. The van der Waals surface area contributed by atoms with Gasteiger partial charge in [0.1, 0.15) is 11.6 Å². The van der Waals surface area contributed by atoms with E-state index in [0.717, 1.165) is 16.9 Å². The Balaban J connectivity index is 2.17. The standard InChI is InChI=1S/C15H15BrFNO/c1-19-14-4-2-3-10(5-14)6-15(18)11-7-12(16)9-13(17)8-11/h2-5,7-9,15H,6,18H2,1H3. The molecule has 19 heavy (non-hydrogen) atoms. The van der Waals surface area contributed by atoms with Crippen LogP contribution in [-0.4, -0.2) is 7.11 Å². The van der Waals surface area contributed by atoms with Gasteiger partial charge in [-0.15, -0.1) is 0 Å². The van der Waals surface area contributed by atoms with Crippen molar-refractivity contribution in [3.63, 3.8) is 0 Å². The highest BCUT2D eigenvalue weighted by Crippen LogP contribution is 2.23. The molecule has 0 spiro atoms. The van der Waals surface area contributed by atoms with Crippen LogP contribution >= 0.6 is 15.9 Å². The Kier molecular flexibility index (Phi) is 4.56. The maximum Gasteiger partial charge on any atom is 0.124 e. The third-order valence-corrected chi connectivity index (χ3v) is 3.36. The molecule has 0 saturated heterocycles. The van der Waals surface area contributed by atoms with Crippen LogP contribution in [0.2, 0.25) is 0 Å². The van der Waals surface area contributed by atoms with Crippen LogP contribution in [0.25, 0.3) is 0 Å². The minimum atomic E-state index is -0.287. The van der Waals surface area contributed by atoms with Crippen LogP contribution in [0.1, 0.15) is 17.2 Å². The average Bonchev–Trinajstić information content (AvgIpc) is 2.37. The lowest BCUT2D eigenvalue weighted by Gasteiger charge is -2.13. The summed E-state index contributed by atoms with van der Waals surface area (Å²) >= 11 is 3.27. The Morgan fingerprint density at radius 2 is 2.05 bits per heavy atom. The van der Waals surface area contributed by atoms with Gasteiger partial charge < -0.3 is 10.5 Å². The van der Waals surface area contributed by atoms with Gasteiger partial charge in [-0.05, 0) is 47.9 Å². The summed E-state index contributed by atoms with van der Waals surface area (Å²) < 4.78 is 19.2. The number of rotatable bonds is 4. The second kappa shape index (κ2) is 6.17. The Bertz CT molecular complexity index is 554. The fourth-order valence-corrected chi connectivity index (χ4v) is 2.44. The lowest BCUT2D eigenvalue weighted by molar-refractivity contribution is 0.414. The first-order chi connectivity index (χ1) is 9.08. The predicted molar refractivity (Wildman–Crippen MR) is 77.7 cm³/mol. The second-order valence-corrected chi connectivity index (χ2v) is 5.28. The van der Waals surface area contributed by atoms with Gasteiger partial charge in [0.05, 0.1) is 7.11 Å². The van der Waals surface area contributed by atoms with Gasteiger partial charge in [-0.3, -0.25) is 0 Å². The van der Waals surface area contributed by atoms with Crippen LogP contribution in [0.3, 0.4) is 0 Å². The fraction of sp³-hybridized carbons (Fsp3) is 0.200. The number of methoxy groups -OCH3 is 1. The van der Waals surface area contributed by atoms with Gasteiger partial charge in [-0.25, -0.2) is 4.39 Å². The summed E-state index contributed by atoms with van der Waals surface area (Å²) in [4.78, 5) is 0. The van der Waals surface area contributed by atoms with Crippen molar-refractivity contribution in [3.05, 3.63) is 63.9 Å². The van der Waals surface area contributed by atoms with E-state index in [0.29, 0.717) is 10.9 Å². The minimum Gasteiger partial charge on any atom is -0.497 e. The summed E-state index contributed by atoms with van der Waals surface area (Å²) in [7, 11) is 1.63. The van der Waals surface area contributed by atoms with Gasteiger partial charge in [0, 0.05) is 10.5 Å². The summed E-state index contributed by atoms with van der Waals surface area (Å²) in [5.41, 5.74) is 7.96. The second-order valence-electron chi connectivity index (χ2n) is 4.36. The van der Waals surface area contributed by atoms with Crippen LogP contribution < -0.4 is 10.5 Å². The number of hydrogen-bond donors (Lipinski definition) is 1. The maximum atomic E-state index is 13.3. The SMILES string of the molecule is COc1cccc(CC(N)c2cc(F)cc(Br)c2)c1. The van der Waals surface area contributed by atoms with Crippen molar-refractivity contribution in [1.29, 1.82) is 0 Å². The zero-order chi connectivity index (χ0) is 13.8. The fourth-order valence-electron chi connectivity index (χ4n) is 1.96. The molecule has 0 heterocycles. The Labute approximate surface area is 120 Å². The van der Waals surface area contributed by atoms with E-state index in [1.54, 1.807) is 7.11 Å². The number of nitrogens with two attached hydrogens (primary N) is 1. The van der Waals surface area contributed by atoms with E-state index in [-0.39, 0.29) is 11.9 Å². The van der Waals surface area contributed by atoms with Crippen molar-refractivity contribution in [1.82, 2.24) is 0 Å². The summed E-state index contributed by atoms with van der Waals surface area (Å²) in [5, 5.41) is 0. The summed E-state index contributed by atoms with van der Waals surface area (Å²) in [6.45, 7) is 0. The van der Waals surface area contributed by atoms with Crippen molar-refractivity contribution < 1.29 is 9.13 Å². The van der Waals surface area contributed by atoms with E-state index < -0.39 is 0 Å². The first-order valence-corrected chi connectivity index (χ1v) is 6.72. The van der Waals surface area contributed by atoms with E-state index in [9.17, 15) is 4.39 Å². The summed E-state index contributed by atoms with van der Waals surface area (Å²) in [5.74, 6) is 0.510. The number of hydrogen-bond acceptors (Lipinski definition) is 2. The lowest BCUT2D eigenvalue weighted by Crippen LogP contribution is -2.13. The van der Waals surface area contributed by atoms with Crippen LogP contribution in [0.15, 0.2) is 46.9 Å². The third kappa shape index (κ3) is 3.78. The molecule has 0 aliphatic heterocycles. The highest BCUT2D eigenvalue weighted by molar-refractivity contribution is 9.10. The van der Waals surface area contributed by atoms with Gasteiger partial charge in [-0.1, -0.05) is 28.1 Å². The molecule has 0 aliphatic carbocycles. The predicted octanol–water partition coefficient (Wildman–Crippen LogP) is 3.84. The molecule has 0 aromatic heterocycles. The quantitative estimate of drug-likeness (QED) is 0.927. The number of benzene rings is 2. The largest absolute Gasteiger partial charge is 0.497 e. The van der Waals surface area contributed by atoms with Crippen molar-refractivity contribution in [3.8, 4) is 5.75 Å². The van der Waals surface area contributed by atoms with E-state index in [1.807, 2.05) is 30.3 Å². The Morgan fingerprint density at radius 1 is 1.26 bits per heavy atom. The molecule has 100 valence electrons. The zero-order valence-electron chi connectivity index (χ0n) is 10.6. The topological polar surface area (TPSA) is 35.2 Å². The normalized spacial score (nSPS) is 12.2. The molecule has 2 aromatic rings. The molecule has 0 amide bonds. The van der Waals surface area contributed by atoms with Gasteiger partial charge in [0.25, 0.3) is 0 Å². The lowest BCUT2D eigenvalue weighted by atomic mass is 9.99. The highest BCUT2D eigenvalue weighted by Gasteiger charge is 2.10. The molecule has 1 atom stereocenters. The van der Waals surface area contributed by atoms with Crippen molar-refractivity contribution >= 4 is 15.9 Å². The van der Waals surface area contributed by atoms with Gasteiger partial charge >= 0.3 is 0 Å². The van der Waals surface area contributed by atoms with Crippen molar-refractivity contribution in [2.75, 3.05) is 7.11 Å². The third-order valence-electron chi connectivity index (χ3n) is 2.90. The van der Waals surface area contributed by atoms with Gasteiger partial charge in [0.15, 0.2) is 0 Å². The molecule has 2 aromatic carbocycles. The maximum absolute atomic E-state index is 13.3. The molecule has 2 N–H and O–H groups in total. The zero-order valence-corrected chi connectivity index (χ0v) is 12.2. The van der Waals surface area contributed by atoms with E-state index in [2.05, 4.69) is 15.9 Å². The van der Waals surface area contributed by atoms with E-state index in [4.69, 9.17) is 10.5 Å². The van der Waals surface area contributed by atoms with Crippen LogP contribution in [0.4, 0.5) is 4.39 Å². The van der Waals surface area contributed by atoms with Crippen molar-refractivity contribution in [2.45, 2.75) is 12.5 Å². The minimum absolute atomic E-state index is 0.251. The molecular formula is C15H15BrFNO. The summed E-state index contributed by atoms with van der Waals surface area (Å²) in [6, 6.07) is 12.2. The molecule has 0 fully saturated rings. The van der Waals surface area contributed by atoms with Crippen LogP contribution in [-0.2, 0) is 6.42 Å². The molecule has 0 aliphatic rings. The molecule has 0 bridgehead atoms. The molecule has 0 saturated carbocycles. The molecule has 2 nitrogen and oxygen atoms in total. The smallest absolute Gasteiger partial charge is 0.124 e. The Hall–Kier alpha value is -1.39.